The molecule has 92 valence electrons. The number of alkyl carbamates (subject to hydrolysis) is 1. The molecule has 0 aromatic carbocycles. The van der Waals surface area contributed by atoms with Crippen LogP contribution in [-0.4, -0.2) is 36.2 Å². The van der Waals surface area contributed by atoms with Crippen LogP contribution in [-0.2, 0) is 4.74 Å². The summed E-state index contributed by atoms with van der Waals surface area (Å²) >= 11 is 0. The fourth-order valence-corrected chi connectivity index (χ4v) is 1.63. The number of amides is 1. The monoisotopic (exact) mass is 226 g/mol. The van der Waals surface area contributed by atoms with Crippen molar-refractivity contribution in [2.75, 3.05) is 19.6 Å². The van der Waals surface area contributed by atoms with E-state index in [9.17, 15) is 4.79 Å². The molecule has 0 bridgehead atoms. The summed E-state index contributed by atoms with van der Waals surface area (Å²) in [4.78, 5) is 13.6. The van der Waals surface area contributed by atoms with Crippen molar-refractivity contribution >= 4 is 6.09 Å². The Balaban J connectivity index is 2.23. The van der Waals surface area contributed by atoms with E-state index in [-0.39, 0.29) is 6.09 Å². The van der Waals surface area contributed by atoms with Gasteiger partial charge in [0.1, 0.15) is 5.60 Å². The Morgan fingerprint density at radius 2 is 1.94 bits per heavy atom. The fourth-order valence-electron chi connectivity index (χ4n) is 1.63. The quantitative estimate of drug-likeness (QED) is 0.801. The first-order chi connectivity index (χ1) is 7.38. The highest BCUT2D eigenvalue weighted by Gasteiger charge is 2.17. The summed E-state index contributed by atoms with van der Waals surface area (Å²) < 4.78 is 5.14. The number of rotatable bonds is 3. The first-order valence-corrected chi connectivity index (χ1v) is 5.78. The lowest BCUT2D eigenvalue weighted by Gasteiger charge is -2.23. The molecule has 0 radical (unpaired) electrons. The minimum atomic E-state index is -0.445. The molecule has 0 spiro atoms. The van der Waals surface area contributed by atoms with Crippen molar-refractivity contribution in [2.24, 2.45) is 0 Å². The summed E-state index contributed by atoms with van der Waals surface area (Å²) in [5.74, 6) is 0. The molecule has 0 aliphatic carbocycles. The van der Waals surface area contributed by atoms with Gasteiger partial charge in [-0.25, -0.2) is 4.79 Å². The van der Waals surface area contributed by atoms with Gasteiger partial charge in [0.05, 0.1) is 6.54 Å². The van der Waals surface area contributed by atoms with Crippen molar-refractivity contribution in [3.05, 3.63) is 12.3 Å². The van der Waals surface area contributed by atoms with Crippen LogP contribution in [0.15, 0.2) is 12.3 Å². The summed E-state index contributed by atoms with van der Waals surface area (Å²) in [6.07, 6.45) is 2.05. The van der Waals surface area contributed by atoms with Crippen LogP contribution in [0.4, 0.5) is 4.79 Å². The van der Waals surface area contributed by atoms with Crippen LogP contribution in [0.2, 0.25) is 0 Å². The van der Waals surface area contributed by atoms with Gasteiger partial charge in [-0.05, 0) is 33.6 Å². The van der Waals surface area contributed by atoms with E-state index in [2.05, 4.69) is 16.8 Å². The Bertz CT molecular complexity index is 263. The molecule has 0 saturated carbocycles. The van der Waals surface area contributed by atoms with Crippen molar-refractivity contribution in [2.45, 2.75) is 39.2 Å². The molecule has 0 atom stereocenters. The van der Waals surface area contributed by atoms with E-state index in [1.165, 1.54) is 12.8 Å². The number of nitrogens with one attached hydrogen (secondary N) is 1. The van der Waals surface area contributed by atoms with E-state index < -0.39 is 5.60 Å². The topological polar surface area (TPSA) is 41.6 Å². The van der Waals surface area contributed by atoms with Gasteiger partial charge in [-0.3, -0.25) is 0 Å². The van der Waals surface area contributed by atoms with Gasteiger partial charge < -0.3 is 15.0 Å². The van der Waals surface area contributed by atoms with Crippen LogP contribution in [0.25, 0.3) is 0 Å². The van der Waals surface area contributed by atoms with Crippen LogP contribution < -0.4 is 5.32 Å². The molecule has 1 rings (SSSR count). The molecule has 1 N–H and O–H groups in total. The zero-order chi connectivity index (χ0) is 12.2. The average molecular weight is 226 g/mol. The highest BCUT2D eigenvalue weighted by atomic mass is 16.6. The van der Waals surface area contributed by atoms with Crippen molar-refractivity contribution in [3.63, 3.8) is 0 Å². The van der Waals surface area contributed by atoms with E-state index in [1.807, 2.05) is 20.8 Å². The molecule has 0 aromatic rings. The van der Waals surface area contributed by atoms with Crippen LogP contribution in [0.3, 0.4) is 0 Å². The SMILES string of the molecule is C=C(CNC(=O)OC(C)(C)C)N1CCCC1. The predicted octanol–water partition coefficient (Wildman–Crippen LogP) is 2.12. The Hall–Kier alpha value is -1.19. The third-order valence-electron chi connectivity index (χ3n) is 2.39. The molecule has 0 aromatic heterocycles. The number of ether oxygens (including phenoxy) is 1. The van der Waals surface area contributed by atoms with Gasteiger partial charge in [0.2, 0.25) is 0 Å². The third-order valence-corrected chi connectivity index (χ3v) is 2.39. The Kier molecular flexibility index (Phi) is 4.21. The summed E-state index contributed by atoms with van der Waals surface area (Å²) in [5.41, 5.74) is 0.516. The molecular formula is C12H22N2O2. The standard InChI is InChI=1S/C12H22N2O2/c1-10(14-7-5-6-8-14)9-13-11(15)16-12(2,3)4/h1,5-9H2,2-4H3,(H,13,15). The van der Waals surface area contributed by atoms with Crippen molar-refractivity contribution < 1.29 is 9.53 Å². The lowest BCUT2D eigenvalue weighted by Crippen LogP contribution is -2.35. The second-order valence-electron chi connectivity index (χ2n) is 5.12. The Morgan fingerprint density at radius 3 is 2.44 bits per heavy atom. The summed E-state index contributed by atoms with van der Waals surface area (Å²) in [6.45, 7) is 12.1. The van der Waals surface area contributed by atoms with Gasteiger partial charge in [0, 0.05) is 18.8 Å². The maximum Gasteiger partial charge on any atom is 0.407 e. The van der Waals surface area contributed by atoms with Gasteiger partial charge in [-0.15, -0.1) is 0 Å². The molecule has 1 amide bonds. The highest BCUT2D eigenvalue weighted by molar-refractivity contribution is 5.67. The molecule has 1 aliphatic heterocycles. The maximum absolute atomic E-state index is 11.4. The van der Waals surface area contributed by atoms with Gasteiger partial charge >= 0.3 is 6.09 Å². The fraction of sp³-hybridized carbons (Fsp3) is 0.750. The number of hydrogen-bond donors (Lipinski definition) is 1. The lowest BCUT2D eigenvalue weighted by atomic mass is 10.2. The minimum absolute atomic E-state index is 0.382. The van der Waals surface area contributed by atoms with E-state index in [0.717, 1.165) is 18.8 Å². The van der Waals surface area contributed by atoms with Gasteiger partial charge in [0.15, 0.2) is 0 Å². The Labute approximate surface area is 97.6 Å². The molecule has 1 aliphatic rings. The summed E-state index contributed by atoms with van der Waals surface area (Å²) in [5, 5.41) is 2.71. The molecule has 1 fully saturated rings. The minimum Gasteiger partial charge on any atom is -0.444 e. The van der Waals surface area contributed by atoms with Crippen LogP contribution in [0.1, 0.15) is 33.6 Å². The van der Waals surface area contributed by atoms with Gasteiger partial charge in [-0.2, -0.15) is 0 Å². The van der Waals surface area contributed by atoms with Crippen molar-refractivity contribution in [3.8, 4) is 0 Å². The van der Waals surface area contributed by atoms with E-state index in [1.54, 1.807) is 0 Å². The molecule has 4 heteroatoms. The third kappa shape index (κ3) is 4.55. The van der Waals surface area contributed by atoms with E-state index >= 15 is 0 Å². The van der Waals surface area contributed by atoms with Crippen LogP contribution in [0, 0.1) is 0 Å². The average Bonchev–Trinajstić information content (AvgIpc) is 2.64. The molecule has 4 nitrogen and oxygen atoms in total. The lowest BCUT2D eigenvalue weighted by molar-refractivity contribution is 0.0529. The molecular weight excluding hydrogens is 204 g/mol. The first-order valence-electron chi connectivity index (χ1n) is 5.78. The van der Waals surface area contributed by atoms with Gasteiger partial charge in [0.25, 0.3) is 0 Å². The predicted molar refractivity (Wildman–Crippen MR) is 64.2 cm³/mol. The smallest absolute Gasteiger partial charge is 0.407 e. The number of hydrogen-bond acceptors (Lipinski definition) is 3. The second-order valence-corrected chi connectivity index (χ2v) is 5.12. The van der Waals surface area contributed by atoms with E-state index in [4.69, 9.17) is 4.74 Å². The molecule has 1 heterocycles. The number of nitrogens with zero attached hydrogens (tertiary/aromatic N) is 1. The Morgan fingerprint density at radius 1 is 1.38 bits per heavy atom. The molecule has 1 saturated heterocycles. The number of carbonyl (C=O) groups excluding carboxylic acids is 1. The van der Waals surface area contributed by atoms with Crippen molar-refractivity contribution in [1.29, 1.82) is 0 Å². The van der Waals surface area contributed by atoms with Crippen LogP contribution in [0.5, 0.6) is 0 Å². The highest BCUT2D eigenvalue weighted by Crippen LogP contribution is 2.12. The van der Waals surface area contributed by atoms with Gasteiger partial charge in [-0.1, -0.05) is 6.58 Å². The van der Waals surface area contributed by atoms with E-state index in [0.29, 0.717) is 6.54 Å². The number of likely N-dealkylation sites (tertiary alicyclic amines) is 1. The molecule has 16 heavy (non-hydrogen) atoms. The zero-order valence-corrected chi connectivity index (χ0v) is 10.5. The van der Waals surface area contributed by atoms with Crippen molar-refractivity contribution in [1.82, 2.24) is 10.2 Å². The summed E-state index contributed by atoms with van der Waals surface area (Å²) in [6, 6.07) is 0. The first kappa shape index (κ1) is 12.9. The zero-order valence-electron chi connectivity index (χ0n) is 10.5. The maximum atomic E-state index is 11.4. The van der Waals surface area contributed by atoms with Crippen LogP contribution >= 0.6 is 0 Å². The largest absolute Gasteiger partial charge is 0.444 e. The number of carbonyl (C=O) groups is 1. The summed E-state index contributed by atoms with van der Waals surface area (Å²) in [7, 11) is 0. The normalized spacial score (nSPS) is 16.1. The molecule has 0 unspecified atom stereocenters. The second kappa shape index (κ2) is 5.23.